The fourth-order valence-corrected chi connectivity index (χ4v) is 3.53. The maximum Gasteiger partial charge on any atom is 0.508 e. The van der Waals surface area contributed by atoms with Crippen LogP contribution in [0.25, 0.3) is 0 Å². The van der Waals surface area contributed by atoms with Crippen molar-refractivity contribution in [3.8, 4) is 11.5 Å². The van der Waals surface area contributed by atoms with Crippen molar-refractivity contribution < 1.29 is 42.9 Å². The van der Waals surface area contributed by atoms with E-state index in [-0.39, 0.29) is 36.9 Å². The zero-order valence-corrected chi connectivity index (χ0v) is 21.4. The molecule has 0 amide bonds. The number of benzene rings is 1. The van der Waals surface area contributed by atoms with Crippen molar-refractivity contribution in [2.24, 2.45) is 5.73 Å². The summed E-state index contributed by atoms with van der Waals surface area (Å²) in [5.74, 6) is -1.51. The second kappa shape index (κ2) is 14.4. The lowest BCUT2D eigenvalue weighted by Crippen LogP contribution is -2.39. The van der Waals surface area contributed by atoms with E-state index in [0.717, 1.165) is 32.1 Å². The minimum atomic E-state index is -1.03. The summed E-state index contributed by atoms with van der Waals surface area (Å²) in [6.45, 7) is 6.49. The van der Waals surface area contributed by atoms with Gasteiger partial charge in [0.25, 0.3) is 0 Å². The van der Waals surface area contributed by atoms with Crippen LogP contribution in [0.3, 0.4) is 0 Å². The zero-order chi connectivity index (χ0) is 26.7. The smallest absolute Gasteiger partial charge is 0.458 e. The Morgan fingerprint density at radius 2 is 1.47 bits per heavy atom. The molecule has 1 fully saturated rings. The van der Waals surface area contributed by atoms with Gasteiger partial charge < -0.3 is 29.4 Å². The van der Waals surface area contributed by atoms with E-state index in [2.05, 4.69) is 0 Å². The van der Waals surface area contributed by atoms with Crippen LogP contribution in [0.1, 0.15) is 78.2 Å². The highest BCUT2D eigenvalue weighted by Crippen LogP contribution is 2.30. The van der Waals surface area contributed by atoms with Crippen molar-refractivity contribution in [3.63, 3.8) is 0 Å². The molecule has 0 aromatic heterocycles. The number of carbonyl (C=O) groups excluding carboxylic acids is 4. The van der Waals surface area contributed by atoms with Gasteiger partial charge in [-0.25, -0.2) is 4.79 Å². The number of esters is 3. The number of hydrogen-bond acceptors (Lipinski definition) is 10. The maximum atomic E-state index is 12.6. The molecule has 36 heavy (non-hydrogen) atoms. The largest absolute Gasteiger partial charge is 0.508 e. The van der Waals surface area contributed by atoms with Gasteiger partial charge in [0.1, 0.15) is 24.4 Å². The van der Waals surface area contributed by atoms with E-state index in [1.807, 2.05) is 0 Å². The van der Waals surface area contributed by atoms with Crippen LogP contribution in [0.5, 0.6) is 11.5 Å². The first-order valence-corrected chi connectivity index (χ1v) is 12.5. The monoisotopic (exact) mass is 507 g/mol. The molecule has 1 aromatic rings. The predicted octanol–water partition coefficient (Wildman–Crippen LogP) is 3.99. The predicted molar refractivity (Wildman–Crippen MR) is 129 cm³/mol. The highest BCUT2D eigenvalue weighted by atomic mass is 16.7. The molecule has 0 aliphatic heterocycles. The molecule has 0 saturated heterocycles. The fourth-order valence-electron chi connectivity index (χ4n) is 3.53. The third-order valence-electron chi connectivity index (χ3n) is 5.85. The Bertz CT molecular complexity index is 911. The molecule has 0 bridgehead atoms. The molecular formula is C26H37NO9. The topological polar surface area (TPSA) is 140 Å². The van der Waals surface area contributed by atoms with Crippen LogP contribution in [-0.4, -0.2) is 48.4 Å². The first-order chi connectivity index (χ1) is 17.1. The van der Waals surface area contributed by atoms with Crippen molar-refractivity contribution >= 4 is 24.1 Å². The molecule has 3 atom stereocenters. The highest BCUT2D eigenvalue weighted by Gasteiger charge is 2.26. The SMILES string of the molecule is CCC(=O)Oc1ccc(C[C@H](N)C(=O)O[C@@H](C)C(C)OC(=O)OC2CCCCC2)cc1OC(=O)CC. The summed E-state index contributed by atoms with van der Waals surface area (Å²) in [6.07, 6.45) is 2.79. The van der Waals surface area contributed by atoms with E-state index in [1.165, 1.54) is 12.1 Å². The molecular weight excluding hydrogens is 470 g/mol. The Hall–Kier alpha value is -3.14. The lowest BCUT2D eigenvalue weighted by atomic mass is 9.98. The number of hydrogen-bond donors (Lipinski definition) is 1. The van der Waals surface area contributed by atoms with E-state index in [0.29, 0.717) is 5.56 Å². The molecule has 1 saturated carbocycles. The van der Waals surface area contributed by atoms with Crippen LogP contribution in [0, 0.1) is 0 Å². The molecule has 1 aliphatic carbocycles. The van der Waals surface area contributed by atoms with Gasteiger partial charge >= 0.3 is 24.1 Å². The van der Waals surface area contributed by atoms with Crippen LogP contribution in [0.2, 0.25) is 0 Å². The third kappa shape index (κ3) is 9.49. The molecule has 10 nitrogen and oxygen atoms in total. The molecule has 0 heterocycles. The first-order valence-electron chi connectivity index (χ1n) is 12.5. The Balaban J connectivity index is 1.93. The van der Waals surface area contributed by atoms with E-state index in [9.17, 15) is 19.2 Å². The Morgan fingerprint density at radius 1 is 0.889 bits per heavy atom. The molecule has 10 heteroatoms. The lowest BCUT2D eigenvalue weighted by molar-refractivity contribution is -0.156. The molecule has 200 valence electrons. The van der Waals surface area contributed by atoms with E-state index in [4.69, 9.17) is 29.4 Å². The molecule has 1 unspecified atom stereocenters. The maximum absolute atomic E-state index is 12.6. The fraction of sp³-hybridized carbons (Fsp3) is 0.615. The van der Waals surface area contributed by atoms with E-state index in [1.54, 1.807) is 33.8 Å². The van der Waals surface area contributed by atoms with E-state index >= 15 is 0 Å². The second-order valence-corrected chi connectivity index (χ2v) is 8.84. The molecule has 2 rings (SSSR count). The highest BCUT2D eigenvalue weighted by molar-refractivity contribution is 5.77. The van der Waals surface area contributed by atoms with Gasteiger partial charge in [-0.3, -0.25) is 14.4 Å². The average Bonchev–Trinajstić information content (AvgIpc) is 2.85. The summed E-state index contributed by atoms with van der Waals surface area (Å²) < 4.78 is 26.5. The van der Waals surface area contributed by atoms with Gasteiger partial charge in [-0.1, -0.05) is 26.3 Å². The minimum absolute atomic E-state index is 0.0635. The van der Waals surface area contributed by atoms with Crippen LogP contribution in [0.4, 0.5) is 4.79 Å². The summed E-state index contributed by atoms with van der Waals surface area (Å²) in [4.78, 5) is 48.1. The molecule has 1 aromatic carbocycles. The van der Waals surface area contributed by atoms with Crippen molar-refractivity contribution in [2.45, 2.75) is 103 Å². The van der Waals surface area contributed by atoms with Crippen molar-refractivity contribution in [1.29, 1.82) is 0 Å². The number of ether oxygens (including phenoxy) is 5. The van der Waals surface area contributed by atoms with Crippen LogP contribution in [0.15, 0.2) is 18.2 Å². The minimum Gasteiger partial charge on any atom is -0.458 e. The summed E-state index contributed by atoms with van der Waals surface area (Å²) >= 11 is 0. The third-order valence-corrected chi connectivity index (χ3v) is 5.85. The second-order valence-electron chi connectivity index (χ2n) is 8.84. The van der Waals surface area contributed by atoms with Gasteiger partial charge in [0.15, 0.2) is 11.5 Å². The Morgan fingerprint density at radius 3 is 2.08 bits per heavy atom. The van der Waals surface area contributed by atoms with Crippen LogP contribution < -0.4 is 15.2 Å². The lowest BCUT2D eigenvalue weighted by Gasteiger charge is -2.25. The first kappa shape index (κ1) is 29.1. The normalized spacial score (nSPS) is 16.2. The van der Waals surface area contributed by atoms with Gasteiger partial charge in [-0.15, -0.1) is 0 Å². The standard InChI is InChI=1S/C26H37NO9/c1-5-23(28)35-21-13-12-18(15-22(21)36-24(29)6-2)14-20(27)25(30)32-16(3)17(4)33-26(31)34-19-10-8-7-9-11-19/h12-13,15-17,19-20H,5-11,14,27H2,1-4H3/t16-,17?,20-/m0/s1. The van der Waals surface area contributed by atoms with Gasteiger partial charge in [-0.2, -0.15) is 0 Å². The Labute approximate surface area is 211 Å². The van der Waals surface area contributed by atoms with Crippen molar-refractivity contribution in [3.05, 3.63) is 23.8 Å². The summed E-state index contributed by atoms with van der Waals surface area (Å²) in [5.41, 5.74) is 6.61. The summed E-state index contributed by atoms with van der Waals surface area (Å²) in [6, 6.07) is 3.56. The molecule has 0 spiro atoms. The number of carbonyl (C=O) groups is 4. The van der Waals surface area contributed by atoms with Gasteiger partial charge in [0.2, 0.25) is 0 Å². The molecule has 0 radical (unpaired) electrons. The Kier molecular flexibility index (Phi) is 11.7. The molecule has 2 N–H and O–H groups in total. The van der Waals surface area contributed by atoms with Crippen LogP contribution >= 0.6 is 0 Å². The van der Waals surface area contributed by atoms with Crippen molar-refractivity contribution in [2.75, 3.05) is 0 Å². The summed E-state index contributed by atoms with van der Waals surface area (Å²) in [7, 11) is 0. The quantitative estimate of drug-likeness (QED) is 0.345. The van der Waals surface area contributed by atoms with Crippen molar-refractivity contribution in [1.82, 2.24) is 0 Å². The molecule has 1 aliphatic rings. The van der Waals surface area contributed by atoms with Gasteiger partial charge in [0.05, 0.1) is 0 Å². The number of nitrogens with two attached hydrogens (primary N) is 1. The zero-order valence-electron chi connectivity index (χ0n) is 21.4. The average molecular weight is 508 g/mol. The van der Waals surface area contributed by atoms with E-state index < -0.39 is 42.3 Å². The van der Waals surface area contributed by atoms with Gasteiger partial charge in [-0.05, 0) is 63.6 Å². The number of rotatable bonds is 11. The van der Waals surface area contributed by atoms with Gasteiger partial charge in [0, 0.05) is 12.8 Å². The summed E-state index contributed by atoms with van der Waals surface area (Å²) in [5, 5.41) is 0. The van der Waals surface area contributed by atoms with Crippen LogP contribution in [-0.2, 0) is 35.0 Å².